The monoisotopic (exact) mass is 286 g/mol. The van der Waals surface area contributed by atoms with E-state index < -0.39 is 0 Å². The molecule has 2 unspecified atom stereocenters. The van der Waals surface area contributed by atoms with Crippen LogP contribution in [0.2, 0.25) is 0 Å². The Morgan fingerprint density at radius 2 is 1.90 bits per heavy atom. The number of benzene rings is 1. The molecule has 0 radical (unpaired) electrons. The molecular formula is C17H22N2S. The van der Waals surface area contributed by atoms with Crippen molar-refractivity contribution in [3.05, 3.63) is 65.0 Å². The first-order valence-corrected chi connectivity index (χ1v) is 7.95. The lowest BCUT2D eigenvalue weighted by molar-refractivity contribution is 0.719. The molecule has 2 atom stereocenters. The smallest absolute Gasteiger partial charge is 0.0464 e. The maximum absolute atomic E-state index is 6.14. The van der Waals surface area contributed by atoms with Crippen LogP contribution in [-0.4, -0.2) is 11.0 Å². The maximum atomic E-state index is 6.14. The summed E-state index contributed by atoms with van der Waals surface area (Å²) in [6, 6.07) is 10.9. The lowest BCUT2D eigenvalue weighted by Gasteiger charge is -2.20. The molecule has 2 aromatic rings. The molecule has 0 fully saturated rings. The Kier molecular flexibility index (Phi) is 5.21. The zero-order valence-corrected chi connectivity index (χ0v) is 13.2. The van der Waals surface area contributed by atoms with Crippen molar-refractivity contribution in [3.8, 4) is 0 Å². The molecule has 0 saturated carbocycles. The highest BCUT2D eigenvalue weighted by Crippen LogP contribution is 2.33. The van der Waals surface area contributed by atoms with Gasteiger partial charge in [-0.05, 0) is 38.0 Å². The molecule has 0 aliphatic rings. The number of aryl methyl sites for hydroxylation is 2. The highest BCUT2D eigenvalue weighted by Gasteiger charge is 2.17. The summed E-state index contributed by atoms with van der Waals surface area (Å²) in [4.78, 5) is 4.20. The molecule has 2 N–H and O–H groups in total. The highest BCUT2D eigenvalue weighted by molar-refractivity contribution is 7.98. The third kappa shape index (κ3) is 4.09. The average Bonchev–Trinajstić information content (AvgIpc) is 2.38. The number of nitrogens with zero attached hydrogens (tertiary/aromatic N) is 1. The van der Waals surface area contributed by atoms with Crippen molar-refractivity contribution in [1.29, 1.82) is 0 Å². The van der Waals surface area contributed by atoms with Gasteiger partial charge in [-0.25, -0.2) is 0 Å². The molecule has 0 spiro atoms. The van der Waals surface area contributed by atoms with Crippen molar-refractivity contribution in [2.75, 3.05) is 0 Å². The number of nitrogens with two attached hydrogens (primary N) is 1. The minimum Gasteiger partial charge on any atom is -0.327 e. The van der Waals surface area contributed by atoms with E-state index in [1.807, 2.05) is 24.0 Å². The summed E-state index contributed by atoms with van der Waals surface area (Å²) in [6.07, 6.45) is 3.72. The van der Waals surface area contributed by atoms with E-state index in [4.69, 9.17) is 5.73 Å². The third-order valence-corrected chi connectivity index (χ3v) is 4.76. The molecule has 1 heterocycles. The molecule has 0 amide bonds. The van der Waals surface area contributed by atoms with Gasteiger partial charge in [0.2, 0.25) is 0 Å². The molecule has 0 bridgehead atoms. The Balaban J connectivity index is 2.10. The van der Waals surface area contributed by atoms with Crippen molar-refractivity contribution in [1.82, 2.24) is 4.98 Å². The Morgan fingerprint density at radius 1 is 1.20 bits per heavy atom. The minimum atomic E-state index is 0.107. The number of hydrogen-bond donors (Lipinski definition) is 1. The van der Waals surface area contributed by atoms with Gasteiger partial charge in [-0.1, -0.05) is 35.4 Å². The number of rotatable bonds is 5. The Labute approximate surface area is 125 Å². The fourth-order valence-electron chi connectivity index (χ4n) is 2.43. The largest absolute Gasteiger partial charge is 0.327 e. The van der Waals surface area contributed by atoms with Crippen LogP contribution >= 0.6 is 11.8 Å². The fraction of sp³-hybridized carbons (Fsp3) is 0.353. The molecule has 0 aliphatic carbocycles. The summed E-state index contributed by atoms with van der Waals surface area (Å²) in [5, 5.41) is 0.282. The normalized spacial score (nSPS) is 14.0. The van der Waals surface area contributed by atoms with Gasteiger partial charge in [0, 0.05) is 29.4 Å². The molecule has 0 saturated heterocycles. The summed E-state index contributed by atoms with van der Waals surface area (Å²) in [6.45, 7) is 6.35. The van der Waals surface area contributed by atoms with Crippen LogP contribution in [0, 0.1) is 13.8 Å². The molecule has 1 aromatic carbocycles. The second-order valence-corrected chi connectivity index (χ2v) is 6.50. The van der Waals surface area contributed by atoms with Crippen molar-refractivity contribution in [2.24, 2.45) is 5.73 Å². The third-order valence-electron chi connectivity index (χ3n) is 3.20. The summed E-state index contributed by atoms with van der Waals surface area (Å²) < 4.78 is 0. The van der Waals surface area contributed by atoms with E-state index in [1.165, 1.54) is 22.3 Å². The average molecular weight is 286 g/mol. The van der Waals surface area contributed by atoms with Gasteiger partial charge in [-0.2, -0.15) is 0 Å². The van der Waals surface area contributed by atoms with E-state index in [-0.39, 0.29) is 11.3 Å². The first kappa shape index (κ1) is 15.1. The number of pyridine rings is 1. The van der Waals surface area contributed by atoms with Crippen molar-refractivity contribution >= 4 is 11.8 Å². The quantitative estimate of drug-likeness (QED) is 0.902. The zero-order valence-electron chi connectivity index (χ0n) is 12.3. The van der Waals surface area contributed by atoms with Crippen LogP contribution in [0.4, 0.5) is 0 Å². The first-order valence-electron chi connectivity index (χ1n) is 6.90. The summed E-state index contributed by atoms with van der Waals surface area (Å²) in [5.74, 6) is 0.976. The predicted molar refractivity (Wildman–Crippen MR) is 87.8 cm³/mol. The van der Waals surface area contributed by atoms with Crippen LogP contribution in [0.15, 0.2) is 42.7 Å². The predicted octanol–water partition coefficient (Wildman–Crippen LogP) is 4.02. The topological polar surface area (TPSA) is 38.9 Å². The lowest BCUT2D eigenvalue weighted by Crippen LogP contribution is -2.22. The van der Waals surface area contributed by atoms with E-state index >= 15 is 0 Å². The second kappa shape index (κ2) is 6.91. The van der Waals surface area contributed by atoms with Crippen molar-refractivity contribution in [3.63, 3.8) is 0 Å². The van der Waals surface area contributed by atoms with E-state index in [2.05, 4.69) is 50.0 Å². The number of hydrogen-bond acceptors (Lipinski definition) is 3. The summed E-state index contributed by atoms with van der Waals surface area (Å²) in [7, 11) is 0. The molecule has 0 aliphatic heterocycles. The molecule has 2 nitrogen and oxygen atoms in total. The molecule has 2 rings (SSSR count). The number of thioether (sulfide) groups is 1. The van der Waals surface area contributed by atoms with E-state index in [9.17, 15) is 0 Å². The van der Waals surface area contributed by atoms with Gasteiger partial charge in [-0.15, -0.1) is 11.8 Å². The van der Waals surface area contributed by atoms with Gasteiger partial charge in [0.15, 0.2) is 0 Å². The Bertz CT molecular complexity index is 532. The minimum absolute atomic E-state index is 0.107. The van der Waals surface area contributed by atoms with E-state index in [1.54, 1.807) is 6.20 Å². The van der Waals surface area contributed by atoms with Crippen LogP contribution in [0.25, 0.3) is 0 Å². The van der Waals surface area contributed by atoms with Gasteiger partial charge in [0.25, 0.3) is 0 Å². The standard InChI is InChI=1S/C17H22N2S/c1-12-7-13(2)9-15(8-12)11-20-17(14(3)18)16-5-4-6-19-10-16/h4-10,14,17H,11,18H2,1-3H3. The number of aromatic nitrogens is 1. The van der Waals surface area contributed by atoms with Crippen LogP contribution < -0.4 is 5.73 Å². The zero-order chi connectivity index (χ0) is 14.5. The molecule has 3 heteroatoms. The van der Waals surface area contributed by atoms with Crippen molar-refractivity contribution < 1.29 is 0 Å². The lowest BCUT2D eigenvalue weighted by atomic mass is 10.1. The van der Waals surface area contributed by atoms with Crippen molar-refractivity contribution in [2.45, 2.75) is 37.8 Å². The van der Waals surface area contributed by atoms with Gasteiger partial charge in [0.05, 0.1) is 0 Å². The summed E-state index contributed by atoms with van der Waals surface area (Å²) >= 11 is 1.89. The van der Waals surface area contributed by atoms with E-state index in [0.29, 0.717) is 0 Å². The molecular weight excluding hydrogens is 264 g/mol. The fourth-order valence-corrected chi connectivity index (χ4v) is 3.61. The SMILES string of the molecule is Cc1cc(C)cc(CSC(c2cccnc2)C(C)N)c1. The summed E-state index contributed by atoms with van der Waals surface area (Å²) in [5.41, 5.74) is 11.4. The first-order chi connectivity index (χ1) is 9.56. The van der Waals surface area contributed by atoms with Crippen LogP contribution in [-0.2, 0) is 5.75 Å². The van der Waals surface area contributed by atoms with Gasteiger partial charge < -0.3 is 5.73 Å². The van der Waals surface area contributed by atoms with Crippen LogP contribution in [0.1, 0.15) is 34.4 Å². The van der Waals surface area contributed by atoms with Gasteiger partial charge in [0.1, 0.15) is 0 Å². The molecule has 20 heavy (non-hydrogen) atoms. The van der Waals surface area contributed by atoms with Crippen LogP contribution in [0.5, 0.6) is 0 Å². The van der Waals surface area contributed by atoms with Gasteiger partial charge in [-0.3, -0.25) is 4.98 Å². The highest BCUT2D eigenvalue weighted by atomic mass is 32.2. The van der Waals surface area contributed by atoms with Gasteiger partial charge >= 0.3 is 0 Å². The van der Waals surface area contributed by atoms with E-state index in [0.717, 1.165) is 5.75 Å². The molecule has 1 aromatic heterocycles. The second-order valence-electron chi connectivity index (χ2n) is 5.37. The van der Waals surface area contributed by atoms with Crippen LogP contribution in [0.3, 0.4) is 0 Å². The maximum Gasteiger partial charge on any atom is 0.0464 e. The Morgan fingerprint density at radius 3 is 2.45 bits per heavy atom. The molecule has 106 valence electrons. The Hall–Kier alpha value is -1.32.